The minimum Gasteiger partial charge on any atom is -0.507 e. The highest BCUT2D eigenvalue weighted by atomic mass is 19.4. The third kappa shape index (κ3) is 4.14. The minimum absolute atomic E-state index is 0.00603. The summed E-state index contributed by atoms with van der Waals surface area (Å²) in [5.74, 6) is -0.00442. The number of anilines is 1. The summed E-state index contributed by atoms with van der Waals surface area (Å²) in [5, 5.41) is 23.3. The van der Waals surface area contributed by atoms with Gasteiger partial charge < -0.3 is 20.1 Å². The van der Waals surface area contributed by atoms with Crippen molar-refractivity contribution < 1.29 is 23.0 Å². The van der Waals surface area contributed by atoms with Gasteiger partial charge in [-0.05, 0) is 31.3 Å². The summed E-state index contributed by atoms with van der Waals surface area (Å²) in [4.78, 5) is 6.26. The zero-order chi connectivity index (χ0) is 21.3. The van der Waals surface area contributed by atoms with Crippen molar-refractivity contribution in [3.63, 3.8) is 0 Å². The molecule has 2 aromatic heterocycles. The number of aromatic nitrogens is 3. The second-order valence-electron chi connectivity index (χ2n) is 7.23. The number of fused-ring (bicyclic) bond motifs is 1. The molecule has 30 heavy (non-hydrogen) atoms. The highest BCUT2D eigenvalue weighted by Crippen LogP contribution is 2.38. The van der Waals surface area contributed by atoms with Crippen LogP contribution in [0, 0.1) is 0 Å². The molecule has 0 amide bonds. The van der Waals surface area contributed by atoms with Crippen LogP contribution in [0.2, 0.25) is 0 Å². The number of nitrogens with one attached hydrogen (secondary N) is 1. The standard InChI is InChI=1S/C20H20F3N5O2/c1-28-6-7-30-11-13(10-28)25-19-14-4-5-24-9-16(14)18(26-27-19)15-3-2-12(8-17(15)29)20(21,22)23/h2-5,8-9,13,29H,6-7,10-11H2,1H3,(H,25,27). The van der Waals surface area contributed by atoms with E-state index in [-0.39, 0.29) is 17.3 Å². The molecular formula is C20H20F3N5O2. The smallest absolute Gasteiger partial charge is 0.416 e. The maximum absolute atomic E-state index is 12.9. The van der Waals surface area contributed by atoms with E-state index in [0.717, 1.165) is 19.2 Å². The van der Waals surface area contributed by atoms with Gasteiger partial charge in [0.25, 0.3) is 0 Å². The number of benzene rings is 1. The Bertz CT molecular complexity index is 1060. The Morgan fingerprint density at radius 3 is 2.80 bits per heavy atom. The van der Waals surface area contributed by atoms with E-state index in [1.807, 2.05) is 7.05 Å². The summed E-state index contributed by atoms with van der Waals surface area (Å²) in [5.41, 5.74) is -0.531. The second kappa shape index (κ2) is 8.04. The number of aromatic hydroxyl groups is 1. The monoisotopic (exact) mass is 419 g/mol. The first-order valence-electron chi connectivity index (χ1n) is 9.37. The maximum Gasteiger partial charge on any atom is 0.416 e. The number of rotatable bonds is 3. The molecule has 4 rings (SSSR count). The maximum atomic E-state index is 12.9. The number of nitrogens with zero attached hydrogens (tertiary/aromatic N) is 4. The van der Waals surface area contributed by atoms with Gasteiger partial charge in [0, 0.05) is 41.8 Å². The highest BCUT2D eigenvalue weighted by Gasteiger charge is 2.31. The molecule has 2 N–H and O–H groups in total. The Kier molecular flexibility index (Phi) is 5.44. The van der Waals surface area contributed by atoms with Gasteiger partial charge >= 0.3 is 6.18 Å². The number of halogens is 3. The second-order valence-corrected chi connectivity index (χ2v) is 7.23. The van der Waals surface area contributed by atoms with Gasteiger partial charge in [-0.15, -0.1) is 10.2 Å². The molecule has 1 aliphatic heterocycles. The summed E-state index contributed by atoms with van der Waals surface area (Å²) in [6.45, 7) is 2.76. The Labute approximate surface area is 170 Å². The van der Waals surface area contributed by atoms with Crippen LogP contribution in [0.25, 0.3) is 22.0 Å². The zero-order valence-corrected chi connectivity index (χ0v) is 16.1. The van der Waals surface area contributed by atoms with Gasteiger partial charge in [-0.2, -0.15) is 13.2 Å². The number of hydrogen-bond acceptors (Lipinski definition) is 7. The first kappa shape index (κ1) is 20.3. The van der Waals surface area contributed by atoms with Gasteiger partial charge in [0.05, 0.1) is 24.8 Å². The summed E-state index contributed by atoms with van der Waals surface area (Å²) >= 11 is 0. The van der Waals surface area contributed by atoms with Crippen molar-refractivity contribution in [3.05, 3.63) is 42.2 Å². The van der Waals surface area contributed by atoms with Gasteiger partial charge in [0.2, 0.25) is 0 Å². The van der Waals surface area contributed by atoms with Crippen molar-refractivity contribution >= 4 is 16.6 Å². The lowest BCUT2D eigenvalue weighted by Crippen LogP contribution is -2.35. The van der Waals surface area contributed by atoms with Crippen LogP contribution >= 0.6 is 0 Å². The van der Waals surface area contributed by atoms with Crippen molar-refractivity contribution in [3.8, 4) is 17.0 Å². The first-order valence-corrected chi connectivity index (χ1v) is 9.37. The van der Waals surface area contributed by atoms with Gasteiger partial charge in [0.15, 0.2) is 5.82 Å². The Morgan fingerprint density at radius 2 is 2.03 bits per heavy atom. The molecule has 10 heteroatoms. The van der Waals surface area contributed by atoms with Gasteiger partial charge in [0.1, 0.15) is 11.4 Å². The highest BCUT2D eigenvalue weighted by molar-refractivity contribution is 6.00. The molecule has 0 radical (unpaired) electrons. The number of pyridine rings is 1. The fourth-order valence-corrected chi connectivity index (χ4v) is 3.46. The molecule has 1 unspecified atom stereocenters. The van der Waals surface area contributed by atoms with E-state index < -0.39 is 17.5 Å². The van der Waals surface area contributed by atoms with Gasteiger partial charge in [-0.3, -0.25) is 4.98 Å². The fraction of sp³-hybridized carbons (Fsp3) is 0.350. The van der Waals surface area contributed by atoms with Crippen LogP contribution in [0.15, 0.2) is 36.7 Å². The van der Waals surface area contributed by atoms with Crippen LogP contribution in [0.3, 0.4) is 0 Å². The van der Waals surface area contributed by atoms with Crippen LogP contribution in [0.5, 0.6) is 5.75 Å². The van der Waals surface area contributed by atoms with Crippen LogP contribution in [-0.2, 0) is 10.9 Å². The average Bonchev–Trinajstić information content (AvgIpc) is 2.91. The van der Waals surface area contributed by atoms with Crippen molar-refractivity contribution in [2.24, 2.45) is 0 Å². The van der Waals surface area contributed by atoms with Crippen molar-refractivity contribution in [2.45, 2.75) is 12.2 Å². The number of phenolic OH excluding ortho intramolecular Hbond substituents is 1. The fourth-order valence-electron chi connectivity index (χ4n) is 3.46. The molecule has 7 nitrogen and oxygen atoms in total. The predicted octanol–water partition coefficient (Wildman–Crippen LogP) is 3.16. The van der Waals surface area contributed by atoms with Gasteiger partial charge in [-0.1, -0.05) is 0 Å². The van der Waals surface area contributed by atoms with E-state index in [1.54, 1.807) is 18.5 Å². The van der Waals surface area contributed by atoms with E-state index >= 15 is 0 Å². The molecule has 1 aromatic carbocycles. The van der Waals surface area contributed by atoms with Crippen molar-refractivity contribution in [1.82, 2.24) is 20.1 Å². The summed E-state index contributed by atoms with van der Waals surface area (Å²) < 4.78 is 44.4. The molecule has 1 saturated heterocycles. The summed E-state index contributed by atoms with van der Waals surface area (Å²) in [6.07, 6.45) is -1.40. The lowest BCUT2D eigenvalue weighted by Gasteiger charge is -2.21. The normalized spacial score (nSPS) is 18.3. The van der Waals surface area contributed by atoms with Crippen molar-refractivity contribution in [2.75, 3.05) is 38.7 Å². The van der Waals surface area contributed by atoms with Gasteiger partial charge in [-0.25, -0.2) is 0 Å². The molecule has 3 aromatic rings. The molecule has 0 saturated carbocycles. The average molecular weight is 419 g/mol. The molecular weight excluding hydrogens is 399 g/mol. The lowest BCUT2D eigenvalue weighted by molar-refractivity contribution is -0.137. The third-order valence-electron chi connectivity index (χ3n) is 4.97. The third-order valence-corrected chi connectivity index (χ3v) is 4.97. The molecule has 158 valence electrons. The largest absolute Gasteiger partial charge is 0.507 e. The number of ether oxygens (including phenoxy) is 1. The van der Waals surface area contributed by atoms with Crippen LogP contribution in [0.1, 0.15) is 5.56 Å². The van der Waals surface area contributed by atoms with E-state index in [2.05, 4.69) is 25.4 Å². The molecule has 0 bridgehead atoms. The Morgan fingerprint density at radius 1 is 1.20 bits per heavy atom. The molecule has 1 fully saturated rings. The molecule has 0 spiro atoms. The van der Waals surface area contributed by atoms with Crippen LogP contribution in [-0.4, -0.2) is 64.6 Å². The summed E-state index contributed by atoms with van der Waals surface area (Å²) in [6, 6.07) is 4.52. The molecule has 0 aliphatic carbocycles. The topological polar surface area (TPSA) is 83.4 Å². The zero-order valence-electron chi connectivity index (χ0n) is 16.1. The molecule has 3 heterocycles. The minimum atomic E-state index is -4.55. The van der Waals surface area contributed by atoms with E-state index in [4.69, 9.17) is 4.74 Å². The van der Waals surface area contributed by atoms with Crippen molar-refractivity contribution in [1.29, 1.82) is 0 Å². The van der Waals surface area contributed by atoms with Crippen LogP contribution < -0.4 is 5.32 Å². The number of alkyl halides is 3. The lowest BCUT2D eigenvalue weighted by atomic mass is 10.0. The Balaban J connectivity index is 1.73. The summed E-state index contributed by atoms with van der Waals surface area (Å²) in [7, 11) is 2.01. The number of phenols is 1. The Hall–Kier alpha value is -2.98. The van der Waals surface area contributed by atoms with E-state index in [1.165, 1.54) is 6.07 Å². The van der Waals surface area contributed by atoms with Crippen LogP contribution in [0.4, 0.5) is 19.0 Å². The van der Waals surface area contributed by atoms with E-state index in [9.17, 15) is 18.3 Å². The number of hydrogen-bond donors (Lipinski definition) is 2. The SMILES string of the molecule is CN1CCOCC(Nc2nnc(-c3ccc(C(F)(F)F)cc3O)c3cnccc23)C1. The number of likely N-dealkylation sites (N-methyl/N-ethyl adjacent to an activating group) is 1. The molecule has 1 aliphatic rings. The quantitative estimate of drug-likeness (QED) is 0.675. The predicted molar refractivity (Wildman–Crippen MR) is 105 cm³/mol. The first-order chi connectivity index (χ1) is 14.3. The molecule has 1 atom stereocenters. The van der Waals surface area contributed by atoms with E-state index in [0.29, 0.717) is 35.9 Å².